The quantitative estimate of drug-likeness (QED) is 0.569. The molecule has 0 aromatic rings. The van der Waals surface area contributed by atoms with Gasteiger partial charge in [-0.3, -0.25) is 4.79 Å². The molecule has 1 amide bonds. The topological polar surface area (TPSA) is 58.4 Å². The van der Waals surface area contributed by atoms with E-state index in [9.17, 15) is 4.79 Å². The number of hydrogen-bond donors (Lipinski definition) is 2. The lowest BCUT2D eigenvalue weighted by atomic mass is 10.2. The van der Waals surface area contributed by atoms with Gasteiger partial charge in [-0.05, 0) is 6.92 Å². The van der Waals surface area contributed by atoms with Gasteiger partial charge >= 0.3 is 0 Å². The number of hydrogen-bond acceptors (Lipinski definition) is 3. The third-order valence-electron chi connectivity index (χ3n) is 2.08. The molecule has 1 fully saturated rings. The Balaban J connectivity index is 2.35. The smallest absolute Gasteiger partial charge is 0.223 e. The lowest BCUT2D eigenvalue weighted by molar-refractivity contribution is -0.132. The van der Waals surface area contributed by atoms with Crippen LogP contribution in [0.5, 0.6) is 0 Å². The Bertz CT molecular complexity index is 160. The van der Waals surface area contributed by atoms with E-state index in [0.717, 1.165) is 19.6 Å². The number of rotatable bonds is 2. The van der Waals surface area contributed by atoms with E-state index in [-0.39, 0.29) is 5.91 Å². The summed E-state index contributed by atoms with van der Waals surface area (Å²) < 4.78 is 0. The molecule has 12 heavy (non-hydrogen) atoms. The van der Waals surface area contributed by atoms with E-state index < -0.39 is 0 Å². The fraction of sp³-hybridized carbons (Fsp3) is 0.875. The largest absolute Gasteiger partial charge is 0.340 e. The summed E-state index contributed by atoms with van der Waals surface area (Å²) in [7, 11) is 0. The van der Waals surface area contributed by atoms with E-state index in [0.29, 0.717) is 19.0 Å². The van der Waals surface area contributed by atoms with Crippen LogP contribution in [0.3, 0.4) is 0 Å². The van der Waals surface area contributed by atoms with Crippen LogP contribution < -0.4 is 11.1 Å². The molecule has 0 unspecified atom stereocenters. The maximum Gasteiger partial charge on any atom is 0.223 e. The second-order valence-electron chi connectivity index (χ2n) is 3.23. The highest BCUT2D eigenvalue weighted by Crippen LogP contribution is 2.00. The van der Waals surface area contributed by atoms with Crippen LogP contribution in [0.2, 0.25) is 0 Å². The van der Waals surface area contributed by atoms with Crippen molar-refractivity contribution in [3.63, 3.8) is 0 Å². The molecule has 1 rings (SSSR count). The highest BCUT2D eigenvalue weighted by atomic mass is 16.2. The van der Waals surface area contributed by atoms with Gasteiger partial charge in [-0.2, -0.15) is 0 Å². The average Bonchev–Trinajstić information content (AvgIpc) is 2.05. The molecule has 0 radical (unpaired) electrons. The Morgan fingerprint density at radius 2 is 2.50 bits per heavy atom. The number of amides is 1. The summed E-state index contributed by atoms with van der Waals surface area (Å²) in [5.74, 6) is 0.186. The first-order valence-electron chi connectivity index (χ1n) is 4.45. The van der Waals surface area contributed by atoms with Gasteiger partial charge in [0.1, 0.15) is 0 Å². The fourth-order valence-electron chi connectivity index (χ4n) is 1.44. The van der Waals surface area contributed by atoms with Gasteiger partial charge in [-0.25, -0.2) is 0 Å². The van der Waals surface area contributed by atoms with E-state index in [4.69, 9.17) is 5.73 Å². The van der Waals surface area contributed by atoms with Crippen molar-refractivity contribution in [1.29, 1.82) is 0 Å². The van der Waals surface area contributed by atoms with Gasteiger partial charge in [-0.15, -0.1) is 0 Å². The van der Waals surface area contributed by atoms with Gasteiger partial charge in [0.15, 0.2) is 0 Å². The number of nitrogens with one attached hydrogen (secondary N) is 1. The normalized spacial score (nSPS) is 24.2. The van der Waals surface area contributed by atoms with Crippen molar-refractivity contribution in [2.24, 2.45) is 5.73 Å². The van der Waals surface area contributed by atoms with Gasteiger partial charge < -0.3 is 16.0 Å². The van der Waals surface area contributed by atoms with Crippen molar-refractivity contribution in [2.45, 2.75) is 19.4 Å². The predicted octanol–water partition coefficient (Wildman–Crippen LogP) is -0.844. The first-order valence-corrected chi connectivity index (χ1v) is 4.45. The molecule has 1 heterocycles. The highest BCUT2D eigenvalue weighted by molar-refractivity contribution is 5.76. The third kappa shape index (κ3) is 2.46. The number of carbonyl (C=O) groups is 1. The molecule has 70 valence electrons. The van der Waals surface area contributed by atoms with Crippen LogP contribution in [0.4, 0.5) is 0 Å². The van der Waals surface area contributed by atoms with Crippen molar-refractivity contribution in [1.82, 2.24) is 10.2 Å². The van der Waals surface area contributed by atoms with Gasteiger partial charge in [-0.1, -0.05) is 0 Å². The van der Waals surface area contributed by atoms with Crippen molar-refractivity contribution in [2.75, 3.05) is 26.2 Å². The van der Waals surface area contributed by atoms with E-state index >= 15 is 0 Å². The molecular weight excluding hydrogens is 154 g/mol. The minimum Gasteiger partial charge on any atom is -0.340 e. The van der Waals surface area contributed by atoms with Crippen LogP contribution in [-0.4, -0.2) is 43.0 Å². The number of nitrogens with zero attached hydrogens (tertiary/aromatic N) is 1. The van der Waals surface area contributed by atoms with Crippen molar-refractivity contribution in [3.05, 3.63) is 0 Å². The molecular formula is C8H17N3O. The van der Waals surface area contributed by atoms with E-state index in [2.05, 4.69) is 12.2 Å². The molecule has 4 nitrogen and oxygen atoms in total. The molecule has 4 heteroatoms. The second-order valence-corrected chi connectivity index (χ2v) is 3.23. The first-order chi connectivity index (χ1) is 5.74. The summed E-state index contributed by atoms with van der Waals surface area (Å²) in [4.78, 5) is 13.2. The summed E-state index contributed by atoms with van der Waals surface area (Å²) in [6.45, 7) is 5.08. The molecule has 0 aromatic heterocycles. The Morgan fingerprint density at radius 1 is 1.75 bits per heavy atom. The summed E-state index contributed by atoms with van der Waals surface area (Å²) in [6, 6.07) is 0.417. The van der Waals surface area contributed by atoms with E-state index in [1.165, 1.54) is 0 Å². The molecule has 1 aliphatic rings. The molecule has 3 N–H and O–H groups in total. The van der Waals surface area contributed by atoms with E-state index in [1.807, 2.05) is 4.90 Å². The SMILES string of the molecule is C[C@@H]1CN(C(=O)CCN)CCN1. The van der Waals surface area contributed by atoms with Crippen LogP contribution in [0.1, 0.15) is 13.3 Å². The lowest BCUT2D eigenvalue weighted by Crippen LogP contribution is -2.51. The summed E-state index contributed by atoms with van der Waals surface area (Å²) in [5, 5.41) is 3.28. The Morgan fingerprint density at radius 3 is 3.08 bits per heavy atom. The predicted molar refractivity (Wildman–Crippen MR) is 47.7 cm³/mol. The Kier molecular flexibility index (Phi) is 3.49. The van der Waals surface area contributed by atoms with Gasteiger partial charge in [0.25, 0.3) is 0 Å². The fourth-order valence-corrected chi connectivity index (χ4v) is 1.44. The minimum atomic E-state index is 0.186. The molecule has 1 saturated heterocycles. The molecule has 0 aliphatic carbocycles. The lowest BCUT2D eigenvalue weighted by Gasteiger charge is -2.31. The number of nitrogens with two attached hydrogens (primary N) is 1. The van der Waals surface area contributed by atoms with Crippen LogP contribution in [0, 0.1) is 0 Å². The van der Waals surface area contributed by atoms with Gasteiger partial charge in [0, 0.05) is 38.6 Å². The second kappa shape index (κ2) is 4.42. The molecule has 0 bridgehead atoms. The molecule has 0 saturated carbocycles. The minimum absolute atomic E-state index is 0.186. The first kappa shape index (κ1) is 9.48. The molecule has 0 spiro atoms. The van der Waals surface area contributed by atoms with Crippen molar-refractivity contribution >= 4 is 5.91 Å². The Labute approximate surface area is 73.1 Å². The molecule has 0 aromatic carbocycles. The van der Waals surface area contributed by atoms with Crippen molar-refractivity contribution in [3.8, 4) is 0 Å². The van der Waals surface area contributed by atoms with Gasteiger partial charge in [0.2, 0.25) is 5.91 Å². The van der Waals surface area contributed by atoms with Crippen LogP contribution >= 0.6 is 0 Å². The zero-order valence-corrected chi connectivity index (χ0v) is 7.55. The number of carbonyl (C=O) groups excluding carboxylic acids is 1. The third-order valence-corrected chi connectivity index (χ3v) is 2.08. The van der Waals surface area contributed by atoms with Gasteiger partial charge in [0.05, 0.1) is 0 Å². The molecule has 1 aliphatic heterocycles. The summed E-state index contributed by atoms with van der Waals surface area (Å²) in [5.41, 5.74) is 5.31. The molecule has 1 atom stereocenters. The maximum absolute atomic E-state index is 11.4. The zero-order valence-electron chi connectivity index (χ0n) is 7.55. The standard InChI is InChI=1S/C8H17N3O/c1-7-6-11(5-4-10-7)8(12)2-3-9/h7,10H,2-6,9H2,1H3/t7-/m1/s1. The van der Waals surface area contributed by atoms with Crippen LogP contribution in [-0.2, 0) is 4.79 Å². The maximum atomic E-state index is 11.4. The van der Waals surface area contributed by atoms with Crippen LogP contribution in [0.25, 0.3) is 0 Å². The van der Waals surface area contributed by atoms with E-state index in [1.54, 1.807) is 0 Å². The highest BCUT2D eigenvalue weighted by Gasteiger charge is 2.19. The summed E-state index contributed by atoms with van der Waals surface area (Å²) in [6.07, 6.45) is 0.479. The van der Waals surface area contributed by atoms with Crippen molar-refractivity contribution < 1.29 is 4.79 Å². The van der Waals surface area contributed by atoms with Crippen LogP contribution in [0.15, 0.2) is 0 Å². The number of piperazine rings is 1. The zero-order chi connectivity index (χ0) is 8.97. The monoisotopic (exact) mass is 171 g/mol. The average molecular weight is 171 g/mol. The summed E-state index contributed by atoms with van der Waals surface area (Å²) >= 11 is 0. The Hall–Kier alpha value is -0.610.